The maximum atomic E-state index is 13.5. The van der Waals surface area contributed by atoms with Crippen molar-refractivity contribution in [3.05, 3.63) is 35.4 Å². The topological polar surface area (TPSA) is 49.9 Å². The summed E-state index contributed by atoms with van der Waals surface area (Å²) in [5.74, 6) is -2.89. The zero-order valence-corrected chi connectivity index (χ0v) is 16.1. The summed E-state index contributed by atoms with van der Waals surface area (Å²) in [4.78, 5) is 29.4. The van der Waals surface area contributed by atoms with Gasteiger partial charge >= 0.3 is 0 Å². The Balaban J connectivity index is 1.45. The van der Waals surface area contributed by atoms with Gasteiger partial charge in [-0.1, -0.05) is 29.8 Å². The predicted octanol–water partition coefficient (Wildman–Crippen LogP) is 2.27. The predicted molar refractivity (Wildman–Crippen MR) is 99.0 cm³/mol. The van der Waals surface area contributed by atoms with E-state index >= 15 is 0 Å². The van der Waals surface area contributed by atoms with Crippen molar-refractivity contribution in [3.63, 3.8) is 0 Å². The number of ether oxygens (including phenoxy) is 1. The highest BCUT2D eigenvalue weighted by Gasteiger charge is 2.58. The second-order valence-electron chi connectivity index (χ2n) is 8.45. The number of nitrogens with zero attached hydrogens (tertiary/aromatic N) is 2. The molecule has 3 fully saturated rings. The first-order chi connectivity index (χ1) is 13.3. The number of likely N-dealkylation sites (tertiary alicyclic amines) is 2. The van der Waals surface area contributed by atoms with E-state index in [1.165, 1.54) is 0 Å². The maximum Gasteiger partial charge on any atom is 0.251 e. The lowest BCUT2D eigenvalue weighted by Crippen LogP contribution is -2.52. The van der Waals surface area contributed by atoms with E-state index in [0.29, 0.717) is 26.1 Å². The van der Waals surface area contributed by atoms with Crippen LogP contribution in [0, 0.1) is 18.3 Å². The van der Waals surface area contributed by atoms with Gasteiger partial charge in [0, 0.05) is 44.9 Å². The molecular weight excluding hydrogens is 366 g/mol. The molecule has 0 bridgehead atoms. The Morgan fingerprint density at radius 2 is 1.82 bits per heavy atom. The SMILES string of the molecule is Cc1ccc(CC(=O)N2C[C@@H]3COC[C@]3(C(=O)N3CCC(F)(F)CC3)C2)cc1. The average molecular weight is 392 g/mol. The highest BCUT2D eigenvalue weighted by Crippen LogP contribution is 2.44. The Bertz CT molecular complexity index is 757. The summed E-state index contributed by atoms with van der Waals surface area (Å²) < 4.78 is 32.5. The molecule has 28 heavy (non-hydrogen) atoms. The lowest BCUT2D eigenvalue weighted by Gasteiger charge is -2.37. The van der Waals surface area contributed by atoms with Crippen LogP contribution in [-0.4, -0.2) is 66.9 Å². The summed E-state index contributed by atoms with van der Waals surface area (Å²) >= 11 is 0. The fourth-order valence-electron chi connectivity index (χ4n) is 4.57. The largest absolute Gasteiger partial charge is 0.380 e. The molecule has 0 radical (unpaired) electrons. The van der Waals surface area contributed by atoms with Gasteiger partial charge in [-0.25, -0.2) is 8.78 Å². The molecule has 3 aliphatic heterocycles. The number of hydrogen-bond acceptors (Lipinski definition) is 3. The van der Waals surface area contributed by atoms with E-state index in [1.807, 2.05) is 31.2 Å². The number of amides is 2. The molecule has 3 saturated heterocycles. The lowest BCUT2D eigenvalue weighted by atomic mass is 9.79. The van der Waals surface area contributed by atoms with Crippen LogP contribution in [0.4, 0.5) is 8.78 Å². The van der Waals surface area contributed by atoms with Crippen molar-refractivity contribution >= 4 is 11.8 Å². The maximum absolute atomic E-state index is 13.5. The highest BCUT2D eigenvalue weighted by molar-refractivity contribution is 5.87. The molecule has 1 aromatic rings. The van der Waals surface area contributed by atoms with Gasteiger partial charge < -0.3 is 14.5 Å². The third kappa shape index (κ3) is 3.52. The number of rotatable bonds is 3. The lowest BCUT2D eigenvalue weighted by molar-refractivity contribution is -0.149. The van der Waals surface area contributed by atoms with Gasteiger partial charge in [0.2, 0.25) is 11.8 Å². The Morgan fingerprint density at radius 3 is 2.50 bits per heavy atom. The van der Waals surface area contributed by atoms with Crippen molar-refractivity contribution in [2.75, 3.05) is 39.4 Å². The van der Waals surface area contributed by atoms with Crippen LogP contribution in [-0.2, 0) is 20.7 Å². The van der Waals surface area contributed by atoms with E-state index in [4.69, 9.17) is 4.74 Å². The summed E-state index contributed by atoms with van der Waals surface area (Å²) in [6.45, 7) is 3.63. The summed E-state index contributed by atoms with van der Waals surface area (Å²) in [6, 6.07) is 7.85. The smallest absolute Gasteiger partial charge is 0.251 e. The third-order valence-electron chi connectivity index (χ3n) is 6.41. The van der Waals surface area contributed by atoms with Crippen molar-refractivity contribution < 1.29 is 23.1 Å². The summed E-state index contributed by atoms with van der Waals surface area (Å²) in [7, 11) is 0. The first kappa shape index (κ1) is 19.3. The van der Waals surface area contributed by atoms with Crippen molar-refractivity contribution in [3.8, 4) is 0 Å². The molecule has 0 saturated carbocycles. The zero-order chi connectivity index (χ0) is 19.9. The van der Waals surface area contributed by atoms with Crippen LogP contribution in [0.2, 0.25) is 0 Å². The molecule has 0 N–H and O–H groups in total. The Hall–Kier alpha value is -2.02. The van der Waals surface area contributed by atoms with Gasteiger partial charge in [-0.15, -0.1) is 0 Å². The first-order valence-corrected chi connectivity index (χ1v) is 9.87. The number of fused-ring (bicyclic) bond motifs is 1. The van der Waals surface area contributed by atoms with Crippen LogP contribution in [0.5, 0.6) is 0 Å². The van der Waals surface area contributed by atoms with E-state index in [9.17, 15) is 18.4 Å². The summed E-state index contributed by atoms with van der Waals surface area (Å²) in [5, 5.41) is 0. The highest BCUT2D eigenvalue weighted by atomic mass is 19.3. The van der Waals surface area contributed by atoms with Gasteiger partial charge in [-0.05, 0) is 12.5 Å². The van der Waals surface area contributed by atoms with Crippen LogP contribution < -0.4 is 0 Å². The van der Waals surface area contributed by atoms with E-state index < -0.39 is 11.3 Å². The number of halogens is 2. The monoisotopic (exact) mass is 392 g/mol. The minimum Gasteiger partial charge on any atom is -0.380 e. The molecule has 152 valence electrons. The number of piperidine rings is 1. The number of carbonyl (C=O) groups is 2. The van der Waals surface area contributed by atoms with E-state index in [0.717, 1.165) is 11.1 Å². The number of benzene rings is 1. The molecule has 2 amide bonds. The zero-order valence-electron chi connectivity index (χ0n) is 16.1. The van der Waals surface area contributed by atoms with Crippen LogP contribution in [0.3, 0.4) is 0 Å². The minimum atomic E-state index is -2.69. The van der Waals surface area contributed by atoms with Crippen molar-refractivity contribution in [2.24, 2.45) is 11.3 Å². The van der Waals surface area contributed by atoms with Crippen molar-refractivity contribution in [1.29, 1.82) is 0 Å². The quantitative estimate of drug-likeness (QED) is 0.793. The first-order valence-electron chi connectivity index (χ1n) is 9.87. The normalized spacial score (nSPS) is 29.0. The number of hydrogen-bond donors (Lipinski definition) is 0. The molecule has 0 unspecified atom stereocenters. The third-order valence-corrected chi connectivity index (χ3v) is 6.41. The van der Waals surface area contributed by atoms with E-state index in [2.05, 4.69) is 0 Å². The standard InChI is InChI=1S/C21H26F2N2O3/c1-15-2-4-16(5-3-15)10-18(26)25-11-17-12-28-14-20(17,13-25)19(27)24-8-6-21(22,23)7-9-24/h2-5,17H,6-14H2,1H3/t17-,20-/m1/s1. The molecule has 4 rings (SSSR count). The molecule has 7 heteroatoms. The fraction of sp³-hybridized carbons (Fsp3) is 0.619. The van der Waals surface area contributed by atoms with Gasteiger partial charge in [-0.3, -0.25) is 9.59 Å². The Morgan fingerprint density at radius 1 is 1.14 bits per heavy atom. The molecule has 5 nitrogen and oxygen atoms in total. The Kier molecular flexibility index (Phi) is 4.89. The van der Waals surface area contributed by atoms with Crippen molar-refractivity contribution in [1.82, 2.24) is 9.80 Å². The number of alkyl halides is 2. The summed E-state index contributed by atoms with van der Waals surface area (Å²) in [6.07, 6.45) is -0.291. The molecule has 2 atom stereocenters. The molecule has 0 spiro atoms. The van der Waals surface area contributed by atoms with Gasteiger partial charge in [-0.2, -0.15) is 0 Å². The minimum absolute atomic E-state index is 0.00407. The van der Waals surface area contributed by atoms with Crippen LogP contribution in [0.15, 0.2) is 24.3 Å². The van der Waals surface area contributed by atoms with Gasteiger partial charge in [0.25, 0.3) is 5.92 Å². The second kappa shape index (κ2) is 7.10. The molecule has 1 aromatic carbocycles. The molecule has 3 heterocycles. The number of aryl methyl sites for hydroxylation is 1. The van der Waals surface area contributed by atoms with Gasteiger partial charge in [0.05, 0.1) is 25.0 Å². The molecule has 0 aromatic heterocycles. The molecule has 0 aliphatic carbocycles. The van der Waals surface area contributed by atoms with Gasteiger partial charge in [0.1, 0.15) is 0 Å². The van der Waals surface area contributed by atoms with E-state index in [-0.39, 0.29) is 50.3 Å². The van der Waals surface area contributed by atoms with Crippen LogP contribution in [0.1, 0.15) is 24.0 Å². The number of carbonyl (C=O) groups excluding carboxylic acids is 2. The average Bonchev–Trinajstić information content (AvgIpc) is 3.21. The fourth-order valence-corrected chi connectivity index (χ4v) is 4.57. The molecule has 3 aliphatic rings. The Labute approximate surface area is 163 Å². The van der Waals surface area contributed by atoms with Gasteiger partial charge in [0.15, 0.2) is 0 Å². The van der Waals surface area contributed by atoms with Crippen molar-refractivity contribution in [2.45, 2.75) is 32.1 Å². The summed E-state index contributed by atoms with van der Waals surface area (Å²) in [5.41, 5.74) is 1.30. The van der Waals surface area contributed by atoms with Crippen LogP contribution >= 0.6 is 0 Å². The van der Waals surface area contributed by atoms with Crippen LogP contribution in [0.25, 0.3) is 0 Å². The molecular formula is C21H26F2N2O3. The van der Waals surface area contributed by atoms with E-state index in [1.54, 1.807) is 9.80 Å². The second-order valence-corrected chi connectivity index (χ2v) is 8.45.